The minimum absolute atomic E-state index is 0.248. The van der Waals surface area contributed by atoms with Crippen LogP contribution in [0.1, 0.15) is 32.1 Å². The number of fused-ring (bicyclic) bond motifs is 4. The Hall–Kier alpha value is -8.46. The molecule has 8 heteroatoms. The summed E-state index contributed by atoms with van der Waals surface area (Å²) in [5.41, 5.74) is 9.53. The molecule has 6 aromatic carbocycles. The Kier molecular flexibility index (Phi) is 8.04. The van der Waals surface area contributed by atoms with E-state index in [1.807, 2.05) is 138 Å². The number of nitrogens with zero attached hydrogens (tertiary/aromatic N) is 6. The average molecular weight is 745 g/mol. The second-order valence-corrected chi connectivity index (χ2v) is 13.9. The van der Waals surface area contributed by atoms with Crippen molar-refractivity contribution in [1.29, 1.82) is 10.5 Å². The molecule has 0 unspecified atom stereocenters. The molecule has 9 aromatic rings. The first-order valence-electron chi connectivity index (χ1n) is 18.6. The third-order valence-corrected chi connectivity index (χ3v) is 10.7. The Bertz CT molecular complexity index is 3130. The lowest BCUT2D eigenvalue weighted by Gasteiger charge is -2.22. The maximum atomic E-state index is 15.3. The van der Waals surface area contributed by atoms with Gasteiger partial charge in [-0.15, -0.1) is 0 Å². The molecule has 8 nitrogen and oxygen atoms in total. The highest BCUT2D eigenvalue weighted by molar-refractivity contribution is 6.37. The van der Waals surface area contributed by atoms with E-state index in [1.165, 1.54) is 4.90 Å². The molecule has 270 valence electrons. The van der Waals surface area contributed by atoms with Crippen LogP contribution in [0.2, 0.25) is 0 Å². The second-order valence-electron chi connectivity index (χ2n) is 13.9. The van der Waals surface area contributed by atoms with E-state index in [1.54, 1.807) is 36.4 Å². The molecule has 0 saturated carbocycles. The summed E-state index contributed by atoms with van der Waals surface area (Å²) < 4.78 is 2.02. The molecule has 0 aliphatic carbocycles. The fourth-order valence-corrected chi connectivity index (χ4v) is 8.23. The van der Waals surface area contributed by atoms with Gasteiger partial charge in [0.1, 0.15) is 23.5 Å². The van der Waals surface area contributed by atoms with E-state index in [0.29, 0.717) is 22.8 Å². The molecular formula is C50H28N6O2. The van der Waals surface area contributed by atoms with Crippen LogP contribution in [-0.4, -0.2) is 26.3 Å². The lowest BCUT2D eigenvalue weighted by Crippen LogP contribution is -2.30. The van der Waals surface area contributed by atoms with Crippen molar-refractivity contribution >= 4 is 39.3 Å². The zero-order valence-corrected chi connectivity index (χ0v) is 30.7. The van der Waals surface area contributed by atoms with E-state index >= 15 is 4.79 Å². The van der Waals surface area contributed by atoms with Gasteiger partial charge in [0.05, 0.1) is 44.9 Å². The first-order chi connectivity index (χ1) is 28.6. The third kappa shape index (κ3) is 5.29. The molecule has 0 N–H and O–H groups in total. The summed E-state index contributed by atoms with van der Waals surface area (Å²) in [6.07, 6.45) is 0. The Balaban J connectivity index is 1.27. The Labute approximate surface area is 332 Å². The number of anilines is 1. The quantitative estimate of drug-likeness (QED) is 0.157. The summed E-state index contributed by atoms with van der Waals surface area (Å²) in [4.78, 5) is 40.8. The zero-order valence-electron chi connectivity index (χ0n) is 30.7. The number of carbonyl (C=O) groups is 2. The van der Waals surface area contributed by atoms with E-state index in [9.17, 15) is 15.3 Å². The van der Waals surface area contributed by atoms with Gasteiger partial charge in [-0.1, -0.05) is 127 Å². The van der Waals surface area contributed by atoms with Crippen LogP contribution in [-0.2, 0) is 0 Å². The van der Waals surface area contributed by atoms with Crippen molar-refractivity contribution in [3.63, 3.8) is 0 Å². The van der Waals surface area contributed by atoms with Crippen LogP contribution < -0.4 is 4.90 Å². The van der Waals surface area contributed by atoms with Crippen molar-refractivity contribution in [3.05, 3.63) is 192 Å². The first-order valence-corrected chi connectivity index (χ1v) is 18.6. The van der Waals surface area contributed by atoms with Gasteiger partial charge in [-0.2, -0.15) is 10.5 Å². The summed E-state index contributed by atoms with van der Waals surface area (Å²) in [5.74, 6) is -0.894. The van der Waals surface area contributed by atoms with Gasteiger partial charge in [0.15, 0.2) is 0 Å². The minimum Gasteiger partial charge on any atom is -0.307 e. The average Bonchev–Trinajstić information content (AvgIpc) is 3.77. The predicted octanol–water partition coefficient (Wildman–Crippen LogP) is 10.8. The van der Waals surface area contributed by atoms with Crippen molar-refractivity contribution in [2.24, 2.45) is 0 Å². The molecule has 0 fully saturated rings. The van der Waals surface area contributed by atoms with Crippen molar-refractivity contribution < 1.29 is 9.59 Å². The van der Waals surface area contributed by atoms with Gasteiger partial charge in [-0.3, -0.25) is 9.59 Å². The molecule has 0 bridgehead atoms. The zero-order chi connectivity index (χ0) is 39.3. The summed E-state index contributed by atoms with van der Waals surface area (Å²) in [6.45, 7) is 0. The summed E-state index contributed by atoms with van der Waals surface area (Å²) in [5, 5.41) is 21.3. The molecule has 58 heavy (non-hydrogen) atoms. The maximum absolute atomic E-state index is 15.3. The molecule has 4 heterocycles. The predicted molar refractivity (Wildman–Crippen MR) is 225 cm³/mol. The van der Waals surface area contributed by atoms with Gasteiger partial charge in [0.2, 0.25) is 0 Å². The van der Waals surface area contributed by atoms with Crippen LogP contribution in [0.15, 0.2) is 170 Å². The largest absolute Gasteiger partial charge is 0.307 e. The van der Waals surface area contributed by atoms with Crippen LogP contribution in [0, 0.1) is 22.7 Å². The molecule has 0 spiro atoms. The number of rotatable bonds is 6. The van der Waals surface area contributed by atoms with E-state index < -0.39 is 11.8 Å². The van der Waals surface area contributed by atoms with Crippen LogP contribution in [0.5, 0.6) is 0 Å². The van der Waals surface area contributed by atoms with Crippen LogP contribution in [0.25, 0.3) is 72.3 Å². The summed E-state index contributed by atoms with van der Waals surface area (Å²) in [7, 11) is 0. The lowest BCUT2D eigenvalue weighted by molar-refractivity contribution is 0.0926. The normalized spacial score (nSPS) is 12.1. The summed E-state index contributed by atoms with van der Waals surface area (Å²) in [6, 6.07) is 57.5. The van der Waals surface area contributed by atoms with Crippen LogP contribution in [0.4, 0.5) is 5.69 Å². The maximum Gasteiger partial charge on any atom is 0.268 e. The number of aromatic nitrogens is 3. The van der Waals surface area contributed by atoms with Gasteiger partial charge < -0.3 is 4.57 Å². The highest BCUT2D eigenvalue weighted by Gasteiger charge is 2.41. The fraction of sp³-hybridized carbons (Fsp3) is 0. The minimum atomic E-state index is -0.461. The lowest BCUT2D eigenvalue weighted by atomic mass is 9.92. The number of pyridine rings is 2. The number of hydrogen-bond donors (Lipinski definition) is 0. The van der Waals surface area contributed by atoms with Gasteiger partial charge in [0, 0.05) is 27.5 Å². The topological polar surface area (TPSA) is 116 Å². The smallest absolute Gasteiger partial charge is 0.268 e. The highest BCUT2D eigenvalue weighted by Crippen LogP contribution is 2.46. The second kappa shape index (κ2) is 13.7. The molecule has 0 saturated heterocycles. The Morgan fingerprint density at radius 3 is 1.47 bits per heavy atom. The van der Waals surface area contributed by atoms with E-state index in [2.05, 4.69) is 12.1 Å². The van der Waals surface area contributed by atoms with Crippen LogP contribution >= 0.6 is 0 Å². The van der Waals surface area contributed by atoms with Crippen LogP contribution in [0.3, 0.4) is 0 Å². The van der Waals surface area contributed by atoms with Gasteiger partial charge in [-0.05, 0) is 59.2 Å². The number of hydrogen-bond acceptors (Lipinski definition) is 6. The Morgan fingerprint density at radius 2 is 0.897 bits per heavy atom. The molecule has 10 rings (SSSR count). The number of para-hydroxylation sites is 2. The summed E-state index contributed by atoms with van der Waals surface area (Å²) >= 11 is 0. The fourth-order valence-electron chi connectivity index (χ4n) is 8.23. The van der Waals surface area contributed by atoms with Crippen molar-refractivity contribution in [2.45, 2.75) is 0 Å². The van der Waals surface area contributed by atoms with Gasteiger partial charge in [-0.25, -0.2) is 14.9 Å². The molecule has 0 radical (unpaired) electrons. The molecule has 2 amide bonds. The van der Waals surface area contributed by atoms with E-state index in [0.717, 1.165) is 55.2 Å². The first kappa shape index (κ1) is 34.1. The number of nitriles is 2. The highest BCUT2D eigenvalue weighted by atomic mass is 16.2. The molecular weight excluding hydrogens is 717 g/mol. The SMILES string of the molecule is N#Cc1cccc(-c2cccc3c4cccc(-c5cccc(C#N)n5)c4n(-c4cccc5c4C(=O)N(c4cccc(-c6ccccc6)c4-c4ccccc4)C5=O)c23)n1. The Morgan fingerprint density at radius 1 is 0.414 bits per heavy atom. The number of carbonyl (C=O) groups excluding carboxylic acids is 2. The molecule has 0 atom stereocenters. The number of imide groups is 1. The molecule has 1 aliphatic rings. The van der Waals surface area contributed by atoms with Crippen molar-refractivity contribution in [1.82, 2.24) is 14.5 Å². The standard InChI is InChI=1S/C50H28N6O2/c51-29-33-17-7-25-41(53-33)38-22-9-20-36-37-21-10-23-39(42-26-8-18-34(30-52)54-42)48(37)55(47(36)38)44-28-12-24-40-46(44)50(58)56(49(40)57)43-27-11-19-35(31-13-3-1-4-14-31)45(43)32-15-5-2-6-16-32/h1-28H. The van der Waals surface area contributed by atoms with Gasteiger partial charge >= 0.3 is 0 Å². The number of amides is 2. The van der Waals surface area contributed by atoms with Gasteiger partial charge in [0.25, 0.3) is 11.8 Å². The monoisotopic (exact) mass is 744 g/mol. The molecule has 3 aromatic heterocycles. The van der Waals surface area contributed by atoms with E-state index in [-0.39, 0.29) is 22.5 Å². The van der Waals surface area contributed by atoms with E-state index in [4.69, 9.17) is 9.97 Å². The van der Waals surface area contributed by atoms with Crippen molar-refractivity contribution in [2.75, 3.05) is 4.90 Å². The van der Waals surface area contributed by atoms with Crippen molar-refractivity contribution in [3.8, 4) is 62.6 Å². The third-order valence-electron chi connectivity index (χ3n) is 10.7. The number of benzene rings is 6. The molecule has 1 aliphatic heterocycles.